The van der Waals surface area contributed by atoms with Crippen molar-refractivity contribution in [2.45, 2.75) is 48.8 Å². The summed E-state index contributed by atoms with van der Waals surface area (Å²) >= 11 is 0. The predicted molar refractivity (Wildman–Crippen MR) is 103 cm³/mol. The first-order valence-corrected chi connectivity index (χ1v) is 10.9. The molecule has 2 aromatic carbocycles. The van der Waals surface area contributed by atoms with Crippen LogP contribution >= 0.6 is 0 Å². The summed E-state index contributed by atoms with van der Waals surface area (Å²) < 4.78 is 48.5. The quantitative estimate of drug-likeness (QED) is 0.709. The summed E-state index contributed by atoms with van der Waals surface area (Å²) in [6.07, 6.45) is 2.69. The van der Waals surface area contributed by atoms with Crippen molar-refractivity contribution < 1.29 is 22.0 Å². The fourth-order valence-corrected chi connectivity index (χ4v) is 4.67. The summed E-state index contributed by atoms with van der Waals surface area (Å²) in [6, 6.07) is 14.9. The lowest BCUT2D eigenvalue weighted by Crippen LogP contribution is -2.39. The normalized spacial score (nSPS) is 18.4. The van der Waals surface area contributed by atoms with E-state index >= 15 is 0 Å². The largest absolute Gasteiger partial charge is 0.341 e. The Bertz CT molecular complexity index is 914. The fourth-order valence-electron chi connectivity index (χ4n) is 3.95. The molecular formula is C21H23F2NO3S. The van der Waals surface area contributed by atoms with Crippen molar-refractivity contribution in [3.63, 3.8) is 0 Å². The number of rotatable bonds is 6. The number of hydrogen-bond donors (Lipinski definition) is 0. The number of carbonyl (C=O) groups excluding carboxylic acids is 1. The summed E-state index contributed by atoms with van der Waals surface area (Å²) in [4.78, 5) is 14.4. The molecule has 0 saturated carbocycles. The van der Waals surface area contributed by atoms with Crippen molar-refractivity contribution in [2.75, 3.05) is 6.54 Å². The third-order valence-corrected chi connectivity index (χ3v) is 6.75. The van der Waals surface area contributed by atoms with E-state index in [2.05, 4.69) is 19.1 Å². The first-order chi connectivity index (χ1) is 13.4. The smallest absolute Gasteiger partial charge is 0.335 e. The van der Waals surface area contributed by atoms with E-state index in [4.69, 9.17) is 0 Å². The summed E-state index contributed by atoms with van der Waals surface area (Å²) in [5.41, 5.74) is 1.50. The highest BCUT2D eigenvalue weighted by Gasteiger charge is 2.35. The molecule has 7 heteroatoms. The number of sulfone groups is 1. The summed E-state index contributed by atoms with van der Waals surface area (Å²) in [6.45, 7) is 2.73. The average Bonchev–Trinajstić information content (AvgIpc) is 3.18. The van der Waals surface area contributed by atoms with Gasteiger partial charge in [0, 0.05) is 24.1 Å². The van der Waals surface area contributed by atoms with Crippen LogP contribution in [0.2, 0.25) is 0 Å². The highest BCUT2D eigenvalue weighted by molar-refractivity contribution is 7.91. The average molecular weight is 407 g/mol. The van der Waals surface area contributed by atoms with Gasteiger partial charge < -0.3 is 4.90 Å². The van der Waals surface area contributed by atoms with Gasteiger partial charge in [0.05, 0.1) is 4.90 Å². The SMILES string of the molecule is CCC(c1ccccc1)C1CCCN1C(=O)c1ccc(S(=O)(=O)C(F)F)cc1. The minimum atomic E-state index is -4.66. The highest BCUT2D eigenvalue weighted by atomic mass is 32.2. The Morgan fingerprint density at radius 1 is 1.11 bits per heavy atom. The van der Waals surface area contributed by atoms with E-state index in [-0.39, 0.29) is 17.9 Å². The molecule has 0 spiro atoms. The van der Waals surface area contributed by atoms with E-state index in [1.54, 1.807) is 0 Å². The van der Waals surface area contributed by atoms with E-state index in [9.17, 15) is 22.0 Å². The van der Waals surface area contributed by atoms with Gasteiger partial charge in [-0.2, -0.15) is 8.78 Å². The van der Waals surface area contributed by atoms with Crippen molar-refractivity contribution in [2.24, 2.45) is 0 Å². The van der Waals surface area contributed by atoms with Gasteiger partial charge in [-0.05, 0) is 49.1 Å². The Hall–Kier alpha value is -2.28. The van der Waals surface area contributed by atoms with Gasteiger partial charge in [0.1, 0.15) is 0 Å². The van der Waals surface area contributed by atoms with E-state index in [0.29, 0.717) is 12.1 Å². The van der Waals surface area contributed by atoms with Crippen LogP contribution in [0.25, 0.3) is 0 Å². The monoisotopic (exact) mass is 407 g/mol. The van der Waals surface area contributed by atoms with Gasteiger partial charge in [0.15, 0.2) is 0 Å². The molecule has 0 aliphatic carbocycles. The zero-order chi connectivity index (χ0) is 20.3. The molecular weight excluding hydrogens is 384 g/mol. The molecule has 1 amide bonds. The molecule has 1 fully saturated rings. The molecule has 1 heterocycles. The lowest BCUT2D eigenvalue weighted by molar-refractivity contribution is 0.0714. The number of carbonyl (C=O) groups is 1. The summed E-state index contributed by atoms with van der Waals surface area (Å²) in [5.74, 6) is -3.46. The number of amides is 1. The number of nitrogens with zero attached hydrogens (tertiary/aromatic N) is 1. The molecule has 0 aromatic heterocycles. The molecule has 2 unspecified atom stereocenters. The van der Waals surface area contributed by atoms with Gasteiger partial charge >= 0.3 is 5.76 Å². The van der Waals surface area contributed by atoms with Gasteiger partial charge in [-0.1, -0.05) is 37.3 Å². The Labute approximate surface area is 164 Å². The van der Waals surface area contributed by atoms with Crippen LogP contribution < -0.4 is 0 Å². The molecule has 0 radical (unpaired) electrons. The van der Waals surface area contributed by atoms with Crippen molar-refractivity contribution in [3.05, 3.63) is 65.7 Å². The van der Waals surface area contributed by atoms with Crippen LogP contribution in [0.5, 0.6) is 0 Å². The molecule has 4 nitrogen and oxygen atoms in total. The first-order valence-electron chi connectivity index (χ1n) is 9.34. The maximum Gasteiger partial charge on any atom is 0.341 e. The van der Waals surface area contributed by atoms with Crippen LogP contribution in [0.1, 0.15) is 48.0 Å². The second-order valence-corrected chi connectivity index (χ2v) is 8.88. The number of benzene rings is 2. The van der Waals surface area contributed by atoms with E-state index in [0.717, 1.165) is 31.4 Å². The van der Waals surface area contributed by atoms with Gasteiger partial charge in [-0.3, -0.25) is 4.79 Å². The molecule has 1 aliphatic rings. The van der Waals surface area contributed by atoms with Crippen LogP contribution in [-0.2, 0) is 9.84 Å². The maximum atomic E-state index is 13.0. The minimum absolute atomic E-state index is 0.0596. The fraction of sp³-hybridized carbons (Fsp3) is 0.381. The van der Waals surface area contributed by atoms with E-state index < -0.39 is 20.5 Å². The number of hydrogen-bond acceptors (Lipinski definition) is 3. The predicted octanol–water partition coefficient (Wildman–Crippen LogP) is 4.48. The van der Waals surface area contributed by atoms with E-state index in [1.165, 1.54) is 17.7 Å². The molecule has 3 rings (SSSR count). The van der Waals surface area contributed by atoms with Gasteiger partial charge in [-0.25, -0.2) is 8.42 Å². The van der Waals surface area contributed by atoms with Crippen molar-refractivity contribution in [1.29, 1.82) is 0 Å². The second-order valence-electron chi connectivity index (χ2n) is 6.96. The van der Waals surface area contributed by atoms with E-state index in [1.807, 2.05) is 23.1 Å². The zero-order valence-electron chi connectivity index (χ0n) is 15.6. The lowest BCUT2D eigenvalue weighted by atomic mass is 9.87. The third kappa shape index (κ3) is 3.94. The Kier molecular flexibility index (Phi) is 6.13. The molecule has 2 atom stereocenters. The zero-order valence-corrected chi connectivity index (χ0v) is 16.4. The van der Waals surface area contributed by atoms with Gasteiger partial charge in [-0.15, -0.1) is 0 Å². The van der Waals surface area contributed by atoms with Gasteiger partial charge in [0.25, 0.3) is 5.91 Å². The van der Waals surface area contributed by atoms with Crippen LogP contribution in [0.15, 0.2) is 59.5 Å². The second kappa shape index (κ2) is 8.39. The van der Waals surface area contributed by atoms with Crippen LogP contribution in [0.4, 0.5) is 8.78 Å². The number of alkyl halides is 2. The summed E-state index contributed by atoms with van der Waals surface area (Å²) in [5, 5.41) is 0. The summed E-state index contributed by atoms with van der Waals surface area (Å²) in [7, 11) is -4.66. The Morgan fingerprint density at radius 2 is 1.75 bits per heavy atom. The first kappa shape index (κ1) is 20.5. The molecule has 1 saturated heterocycles. The van der Waals surface area contributed by atoms with Gasteiger partial charge in [0.2, 0.25) is 9.84 Å². The van der Waals surface area contributed by atoms with Crippen molar-refractivity contribution in [1.82, 2.24) is 4.90 Å². The molecule has 1 aliphatic heterocycles. The molecule has 0 bridgehead atoms. The van der Waals surface area contributed by atoms with Crippen LogP contribution in [-0.4, -0.2) is 37.6 Å². The Balaban J connectivity index is 1.83. The van der Waals surface area contributed by atoms with Crippen LogP contribution in [0, 0.1) is 0 Å². The molecule has 2 aromatic rings. The van der Waals surface area contributed by atoms with Crippen LogP contribution in [0.3, 0.4) is 0 Å². The third-order valence-electron chi connectivity index (χ3n) is 5.36. The number of likely N-dealkylation sites (tertiary alicyclic amines) is 1. The lowest BCUT2D eigenvalue weighted by Gasteiger charge is -2.31. The topological polar surface area (TPSA) is 54.5 Å². The molecule has 150 valence electrons. The van der Waals surface area contributed by atoms with Crippen molar-refractivity contribution >= 4 is 15.7 Å². The Morgan fingerprint density at radius 3 is 2.32 bits per heavy atom. The maximum absolute atomic E-state index is 13.0. The molecule has 0 N–H and O–H groups in total. The standard InChI is InChI=1S/C21H23F2NO3S/c1-2-18(15-7-4-3-5-8-15)19-9-6-14-24(19)20(25)16-10-12-17(13-11-16)28(26,27)21(22)23/h3-5,7-8,10-13,18-19,21H,2,6,9,14H2,1H3. The number of halogens is 2. The molecule has 28 heavy (non-hydrogen) atoms. The van der Waals surface area contributed by atoms with Crippen molar-refractivity contribution in [3.8, 4) is 0 Å². The highest BCUT2D eigenvalue weighted by Crippen LogP contribution is 2.34. The minimum Gasteiger partial charge on any atom is -0.335 e.